The summed E-state index contributed by atoms with van der Waals surface area (Å²) >= 11 is 0. The second-order valence-corrected chi connectivity index (χ2v) is 5.01. The molecule has 1 heterocycles. The van der Waals surface area contributed by atoms with E-state index in [4.69, 9.17) is 9.47 Å². The maximum absolute atomic E-state index is 13.9. The van der Waals surface area contributed by atoms with Crippen LogP contribution in [0.3, 0.4) is 0 Å². The Bertz CT molecular complexity index is 630. The number of hydrogen-bond donors (Lipinski definition) is 1. The smallest absolute Gasteiger partial charge is 0.231 e. The maximum atomic E-state index is 13.9. The topological polar surface area (TPSA) is 30.5 Å². The van der Waals surface area contributed by atoms with Crippen LogP contribution in [0.15, 0.2) is 42.5 Å². The normalized spacial score (nSPS) is 14.2. The van der Waals surface area contributed by atoms with Gasteiger partial charge < -0.3 is 14.8 Å². The van der Waals surface area contributed by atoms with Gasteiger partial charge in [-0.2, -0.15) is 0 Å². The van der Waals surface area contributed by atoms with E-state index in [0.29, 0.717) is 12.1 Å². The minimum absolute atomic E-state index is 0.0237. The summed E-state index contributed by atoms with van der Waals surface area (Å²) in [6.45, 7) is 2.91. The molecule has 1 unspecified atom stereocenters. The maximum Gasteiger partial charge on any atom is 0.231 e. The molecule has 0 saturated carbocycles. The van der Waals surface area contributed by atoms with Gasteiger partial charge in [0, 0.05) is 23.7 Å². The van der Waals surface area contributed by atoms with Crippen LogP contribution in [-0.2, 0) is 6.54 Å². The van der Waals surface area contributed by atoms with Crippen LogP contribution in [0.1, 0.15) is 30.5 Å². The monoisotopic (exact) mass is 287 g/mol. The van der Waals surface area contributed by atoms with Crippen molar-refractivity contribution in [3.05, 3.63) is 59.4 Å². The van der Waals surface area contributed by atoms with Gasteiger partial charge in [-0.3, -0.25) is 0 Å². The molecule has 0 bridgehead atoms. The van der Waals surface area contributed by atoms with Crippen LogP contribution in [-0.4, -0.2) is 6.79 Å². The van der Waals surface area contributed by atoms with Crippen LogP contribution >= 0.6 is 0 Å². The van der Waals surface area contributed by atoms with Gasteiger partial charge in [0.1, 0.15) is 5.82 Å². The predicted octanol–water partition coefficient (Wildman–Crippen LogP) is 3.80. The van der Waals surface area contributed by atoms with Gasteiger partial charge >= 0.3 is 0 Å². The van der Waals surface area contributed by atoms with Crippen LogP contribution in [0, 0.1) is 5.82 Å². The third-order valence-electron chi connectivity index (χ3n) is 3.71. The Morgan fingerprint density at radius 2 is 2.00 bits per heavy atom. The molecule has 2 aromatic rings. The SMILES string of the molecule is CCC(NCc1cccc2c1OCO2)c1ccccc1F. The zero-order valence-electron chi connectivity index (χ0n) is 11.9. The molecule has 0 aliphatic carbocycles. The van der Waals surface area contributed by atoms with E-state index in [9.17, 15) is 4.39 Å². The van der Waals surface area contributed by atoms with Crippen LogP contribution in [0.4, 0.5) is 4.39 Å². The Morgan fingerprint density at radius 1 is 1.14 bits per heavy atom. The summed E-state index contributed by atoms with van der Waals surface area (Å²) in [5, 5.41) is 3.40. The number of benzene rings is 2. The second kappa shape index (κ2) is 6.14. The highest BCUT2D eigenvalue weighted by molar-refractivity contribution is 5.48. The summed E-state index contributed by atoms with van der Waals surface area (Å²) in [5.41, 5.74) is 1.73. The van der Waals surface area contributed by atoms with Crippen molar-refractivity contribution in [1.82, 2.24) is 5.32 Å². The summed E-state index contributed by atoms with van der Waals surface area (Å²) in [7, 11) is 0. The van der Waals surface area contributed by atoms with Gasteiger partial charge in [0.2, 0.25) is 6.79 Å². The van der Waals surface area contributed by atoms with E-state index in [1.54, 1.807) is 6.07 Å². The molecule has 0 amide bonds. The van der Waals surface area contributed by atoms with E-state index in [2.05, 4.69) is 5.32 Å². The molecule has 1 N–H and O–H groups in total. The van der Waals surface area contributed by atoms with Crippen molar-refractivity contribution in [1.29, 1.82) is 0 Å². The van der Waals surface area contributed by atoms with Crippen LogP contribution < -0.4 is 14.8 Å². The molecule has 1 aliphatic rings. The van der Waals surface area contributed by atoms with Crippen LogP contribution in [0.2, 0.25) is 0 Å². The minimum Gasteiger partial charge on any atom is -0.454 e. The second-order valence-electron chi connectivity index (χ2n) is 5.01. The molecule has 3 rings (SSSR count). The third kappa shape index (κ3) is 2.85. The first-order valence-corrected chi connectivity index (χ1v) is 7.15. The number of nitrogens with one attached hydrogen (secondary N) is 1. The first kappa shape index (κ1) is 13.9. The van der Waals surface area contributed by atoms with Gasteiger partial charge in [-0.05, 0) is 18.6 Å². The number of rotatable bonds is 5. The van der Waals surface area contributed by atoms with Gasteiger partial charge in [-0.15, -0.1) is 0 Å². The van der Waals surface area contributed by atoms with E-state index < -0.39 is 0 Å². The first-order valence-electron chi connectivity index (χ1n) is 7.15. The lowest BCUT2D eigenvalue weighted by molar-refractivity contribution is 0.173. The van der Waals surface area contributed by atoms with Gasteiger partial charge in [0.15, 0.2) is 11.5 Å². The average Bonchev–Trinajstić information content (AvgIpc) is 2.98. The quantitative estimate of drug-likeness (QED) is 0.907. The Balaban J connectivity index is 1.75. The summed E-state index contributed by atoms with van der Waals surface area (Å²) in [5.74, 6) is 1.39. The summed E-state index contributed by atoms with van der Waals surface area (Å²) in [4.78, 5) is 0. The lowest BCUT2D eigenvalue weighted by Gasteiger charge is -2.18. The highest BCUT2D eigenvalue weighted by Crippen LogP contribution is 2.35. The molecule has 4 heteroatoms. The van der Waals surface area contributed by atoms with Crippen molar-refractivity contribution < 1.29 is 13.9 Å². The molecule has 21 heavy (non-hydrogen) atoms. The summed E-state index contributed by atoms with van der Waals surface area (Å²) in [6.07, 6.45) is 0.813. The Labute approximate surface area is 123 Å². The lowest BCUT2D eigenvalue weighted by Crippen LogP contribution is -2.21. The molecular weight excluding hydrogens is 269 g/mol. The molecule has 0 saturated heterocycles. The van der Waals surface area contributed by atoms with Crippen LogP contribution in [0.5, 0.6) is 11.5 Å². The molecule has 1 atom stereocenters. The Morgan fingerprint density at radius 3 is 2.81 bits per heavy atom. The fraction of sp³-hybridized carbons (Fsp3) is 0.294. The standard InChI is InChI=1S/C17H18FNO2/c1-2-15(13-7-3-4-8-14(13)18)19-10-12-6-5-9-16-17(12)21-11-20-16/h3-9,15,19H,2,10-11H2,1H3. The van der Waals surface area contributed by atoms with Gasteiger partial charge in [0.05, 0.1) is 0 Å². The van der Waals surface area contributed by atoms with E-state index in [0.717, 1.165) is 23.5 Å². The summed E-state index contributed by atoms with van der Waals surface area (Å²) < 4.78 is 24.7. The van der Waals surface area contributed by atoms with Crippen molar-refractivity contribution in [3.63, 3.8) is 0 Å². The van der Waals surface area contributed by atoms with Crippen molar-refractivity contribution >= 4 is 0 Å². The van der Waals surface area contributed by atoms with Crippen LogP contribution in [0.25, 0.3) is 0 Å². The lowest BCUT2D eigenvalue weighted by atomic mass is 10.0. The fourth-order valence-electron chi connectivity index (χ4n) is 2.59. The highest BCUT2D eigenvalue weighted by Gasteiger charge is 2.18. The van der Waals surface area contributed by atoms with E-state index >= 15 is 0 Å². The van der Waals surface area contributed by atoms with E-state index in [1.807, 2.05) is 37.3 Å². The molecule has 0 spiro atoms. The molecule has 0 fully saturated rings. The van der Waals surface area contributed by atoms with Crippen molar-refractivity contribution in [2.24, 2.45) is 0 Å². The molecular formula is C17H18FNO2. The number of halogens is 1. The minimum atomic E-state index is -0.172. The first-order chi connectivity index (χ1) is 10.3. The molecule has 0 radical (unpaired) electrons. The third-order valence-corrected chi connectivity index (χ3v) is 3.71. The van der Waals surface area contributed by atoms with Gasteiger partial charge in [0.25, 0.3) is 0 Å². The van der Waals surface area contributed by atoms with E-state index in [1.165, 1.54) is 6.07 Å². The molecule has 1 aliphatic heterocycles. The summed E-state index contributed by atoms with van der Waals surface area (Å²) in [6, 6.07) is 12.7. The Hall–Kier alpha value is -2.07. The molecule has 2 aromatic carbocycles. The fourth-order valence-corrected chi connectivity index (χ4v) is 2.59. The highest BCUT2D eigenvalue weighted by atomic mass is 19.1. The average molecular weight is 287 g/mol. The van der Waals surface area contributed by atoms with Crippen molar-refractivity contribution in [2.75, 3.05) is 6.79 Å². The number of hydrogen-bond acceptors (Lipinski definition) is 3. The predicted molar refractivity (Wildman–Crippen MR) is 78.8 cm³/mol. The largest absolute Gasteiger partial charge is 0.454 e. The Kier molecular flexibility index (Phi) is 4.06. The van der Waals surface area contributed by atoms with Gasteiger partial charge in [-0.25, -0.2) is 4.39 Å². The van der Waals surface area contributed by atoms with Crippen molar-refractivity contribution in [2.45, 2.75) is 25.9 Å². The molecule has 110 valence electrons. The van der Waals surface area contributed by atoms with Crippen molar-refractivity contribution in [3.8, 4) is 11.5 Å². The molecule has 3 nitrogen and oxygen atoms in total. The van der Waals surface area contributed by atoms with E-state index in [-0.39, 0.29) is 18.7 Å². The zero-order valence-corrected chi connectivity index (χ0v) is 11.9. The zero-order chi connectivity index (χ0) is 14.7. The number of fused-ring (bicyclic) bond motifs is 1. The molecule has 0 aromatic heterocycles. The van der Waals surface area contributed by atoms with Gasteiger partial charge in [-0.1, -0.05) is 37.3 Å². The number of para-hydroxylation sites is 1. The number of ether oxygens (including phenoxy) is 2.